The van der Waals surface area contributed by atoms with Crippen molar-refractivity contribution in [1.82, 2.24) is 4.57 Å². The summed E-state index contributed by atoms with van der Waals surface area (Å²) in [4.78, 5) is 0. The van der Waals surface area contributed by atoms with Crippen molar-refractivity contribution in [2.45, 2.75) is 12.3 Å². The molecule has 1 heteroatoms. The van der Waals surface area contributed by atoms with Crippen LogP contribution in [0.5, 0.6) is 0 Å². The Balaban J connectivity index is 1.29. The zero-order valence-electron chi connectivity index (χ0n) is 28.1. The number of nitrogens with zero attached hydrogens (tertiary/aromatic N) is 1. The van der Waals surface area contributed by atoms with Crippen molar-refractivity contribution in [3.63, 3.8) is 0 Å². The van der Waals surface area contributed by atoms with Crippen molar-refractivity contribution in [3.8, 4) is 16.8 Å². The lowest BCUT2D eigenvalue weighted by Crippen LogP contribution is -2.26. The molecule has 0 N–H and O–H groups in total. The highest BCUT2D eigenvalue weighted by Gasteiger charge is 2.50. The van der Waals surface area contributed by atoms with Gasteiger partial charge in [0.15, 0.2) is 0 Å². The minimum atomic E-state index is -0.389. The Hall–Kier alpha value is -6.44. The second-order valence-electron chi connectivity index (χ2n) is 14.5. The first-order valence-corrected chi connectivity index (χ1v) is 17.9. The predicted molar refractivity (Wildman–Crippen MR) is 215 cm³/mol. The molecular formula is C50H31N. The zero-order valence-corrected chi connectivity index (χ0v) is 28.1. The maximum absolute atomic E-state index is 2.53. The molecule has 12 rings (SSSR count). The van der Waals surface area contributed by atoms with Crippen LogP contribution in [-0.2, 0) is 5.41 Å². The lowest BCUT2D eigenvalue weighted by atomic mass is 9.70. The van der Waals surface area contributed by atoms with Crippen LogP contribution < -0.4 is 0 Å². The highest BCUT2D eigenvalue weighted by molar-refractivity contribution is 6.25. The summed E-state index contributed by atoms with van der Waals surface area (Å²) in [5, 5.41) is 12.9. The van der Waals surface area contributed by atoms with Crippen molar-refractivity contribution in [2.24, 2.45) is 0 Å². The number of hydrogen-bond acceptors (Lipinski definition) is 0. The van der Waals surface area contributed by atoms with Crippen LogP contribution in [0.2, 0.25) is 0 Å². The molecule has 9 aromatic carbocycles. The van der Waals surface area contributed by atoms with Crippen LogP contribution in [0.25, 0.3) is 81.7 Å². The molecule has 1 heterocycles. The molecule has 0 atom stereocenters. The Morgan fingerprint density at radius 2 is 1.00 bits per heavy atom. The fourth-order valence-electron chi connectivity index (χ4n) is 10.1. The van der Waals surface area contributed by atoms with Crippen molar-refractivity contribution in [1.29, 1.82) is 0 Å². The van der Waals surface area contributed by atoms with Gasteiger partial charge in [-0.05, 0) is 131 Å². The van der Waals surface area contributed by atoms with Crippen molar-refractivity contribution < 1.29 is 0 Å². The van der Waals surface area contributed by atoms with E-state index in [9.17, 15) is 0 Å². The van der Waals surface area contributed by atoms with E-state index in [0.717, 1.165) is 5.69 Å². The Bertz CT molecular complexity index is 3130. The van der Waals surface area contributed by atoms with E-state index in [2.05, 4.69) is 181 Å². The Labute approximate surface area is 295 Å². The molecule has 236 valence electrons. The van der Waals surface area contributed by atoms with Gasteiger partial charge in [0.25, 0.3) is 0 Å². The molecule has 2 aliphatic rings. The van der Waals surface area contributed by atoms with E-state index < -0.39 is 0 Å². The van der Waals surface area contributed by atoms with Gasteiger partial charge in [0.2, 0.25) is 0 Å². The molecule has 0 aliphatic heterocycles. The lowest BCUT2D eigenvalue weighted by molar-refractivity contribution is 0.796. The minimum absolute atomic E-state index is 0.389. The van der Waals surface area contributed by atoms with Gasteiger partial charge in [0, 0.05) is 16.6 Å². The van der Waals surface area contributed by atoms with Crippen molar-refractivity contribution in [3.05, 3.63) is 198 Å². The third kappa shape index (κ3) is 3.36. The van der Waals surface area contributed by atoms with Crippen molar-refractivity contribution in [2.75, 3.05) is 0 Å². The molecule has 0 fully saturated rings. The minimum Gasteiger partial charge on any atom is -0.310 e. The zero-order chi connectivity index (χ0) is 33.4. The molecule has 1 nitrogen and oxygen atoms in total. The normalized spacial score (nSPS) is 13.7. The summed E-state index contributed by atoms with van der Waals surface area (Å²) in [6, 6.07) is 64.4. The molecule has 4 bridgehead atoms. The van der Waals surface area contributed by atoms with Crippen LogP contribution in [0.1, 0.15) is 27.8 Å². The maximum atomic E-state index is 2.53. The lowest BCUT2D eigenvalue weighted by Gasteiger charge is -2.31. The van der Waals surface area contributed by atoms with Gasteiger partial charge in [-0.3, -0.25) is 0 Å². The SMILES string of the molecule is Cc1cc2cc(c1)n(-c1ccc3c4ccccc4c4ccccc4c3c1)c1cccc3c1c1cc2ccc1C31c2ccccc2-c2ccccc21. The second kappa shape index (κ2) is 9.62. The van der Waals surface area contributed by atoms with Gasteiger partial charge in [0.05, 0.1) is 10.9 Å². The number of hydrogen-bond donors (Lipinski definition) is 0. The van der Waals surface area contributed by atoms with Crippen LogP contribution in [0, 0.1) is 6.92 Å². The van der Waals surface area contributed by atoms with E-state index >= 15 is 0 Å². The van der Waals surface area contributed by atoms with E-state index in [-0.39, 0.29) is 5.41 Å². The number of rotatable bonds is 1. The van der Waals surface area contributed by atoms with Gasteiger partial charge in [-0.15, -0.1) is 0 Å². The van der Waals surface area contributed by atoms with Gasteiger partial charge >= 0.3 is 0 Å². The van der Waals surface area contributed by atoms with E-state index in [1.165, 1.54) is 104 Å². The molecule has 1 aromatic heterocycles. The summed E-state index contributed by atoms with van der Waals surface area (Å²) in [7, 11) is 0. The molecule has 10 aromatic rings. The summed E-state index contributed by atoms with van der Waals surface area (Å²) in [5.74, 6) is 0. The predicted octanol–water partition coefficient (Wildman–Crippen LogP) is 12.9. The van der Waals surface area contributed by atoms with Gasteiger partial charge in [-0.2, -0.15) is 0 Å². The summed E-state index contributed by atoms with van der Waals surface area (Å²) in [5.41, 5.74) is 12.6. The molecule has 0 saturated heterocycles. The number of aromatic nitrogens is 1. The molecule has 51 heavy (non-hydrogen) atoms. The maximum Gasteiger partial charge on any atom is 0.0726 e. The third-order valence-corrected chi connectivity index (χ3v) is 12.0. The first kappa shape index (κ1) is 27.4. The average molecular weight is 646 g/mol. The third-order valence-electron chi connectivity index (χ3n) is 12.0. The molecule has 1 spiro atoms. The van der Waals surface area contributed by atoms with E-state index in [1.54, 1.807) is 0 Å². The Morgan fingerprint density at radius 1 is 0.392 bits per heavy atom. The molecule has 0 radical (unpaired) electrons. The van der Waals surface area contributed by atoms with Crippen LogP contribution in [0.15, 0.2) is 170 Å². The van der Waals surface area contributed by atoms with Gasteiger partial charge < -0.3 is 4.57 Å². The first-order valence-electron chi connectivity index (χ1n) is 17.9. The first-order chi connectivity index (χ1) is 25.2. The van der Waals surface area contributed by atoms with Crippen LogP contribution >= 0.6 is 0 Å². The number of fused-ring (bicyclic) bond motifs is 17. The summed E-state index contributed by atoms with van der Waals surface area (Å²) in [6.07, 6.45) is 0. The topological polar surface area (TPSA) is 4.93 Å². The standard InChI is InChI=1S/C50H31N/c1-30-25-32-27-34(26-30)51(33-22-23-39-37-13-3-2-11-35(37)36-12-4-5-14-38(36)42(39)29-33)48-20-10-19-47-49(48)43-28-31(32)21-24-46(43)50(47)44-17-8-6-15-40(44)41-16-7-9-18-45(41)50/h2-29H,1H3. The van der Waals surface area contributed by atoms with Gasteiger partial charge in [0.1, 0.15) is 0 Å². The van der Waals surface area contributed by atoms with E-state index in [1.807, 2.05) is 0 Å². The van der Waals surface area contributed by atoms with Crippen LogP contribution in [-0.4, -0.2) is 4.57 Å². The molecule has 2 aliphatic carbocycles. The van der Waals surface area contributed by atoms with Gasteiger partial charge in [-0.25, -0.2) is 0 Å². The highest BCUT2D eigenvalue weighted by Crippen LogP contribution is 2.61. The van der Waals surface area contributed by atoms with Crippen LogP contribution in [0.4, 0.5) is 0 Å². The quantitative estimate of drug-likeness (QED) is 0.157. The summed E-state index contributed by atoms with van der Waals surface area (Å²) < 4.78 is 2.53. The Kier molecular flexibility index (Phi) is 5.17. The largest absolute Gasteiger partial charge is 0.310 e. The molecule has 0 amide bonds. The van der Waals surface area contributed by atoms with Crippen LogP contribution in [0.3, 0.4) is 0 Å². The molecule has 0 unspecified atom stereocenters. The number of aryl methyl sites for hydroxylation is 1. The summed E-state index contributed by atoms with van der Waals surface area (Å²) >= 11 is 0. The highest BCUT2D eigenvalue weighted by atomic mass is 15.0. The van der Waals surface area contributed by atoms with Gasteiger partial charge in [-0.1, -0.05) is 133 Å². The number of benzene rings is 9. The molecule has 0 saturated carbocycles. The molecular weight excluding hydrogens is 615 g/mol. The van der Waals surface area contributed by atoms with Crippen molar-refractivity contribution >= 4 is 64.9 Å². The average Bonchev–Trinajstić information content (AvgIpc) is 3.66. The fraction of sp³-hybridized carbons (Fsp3) is 0.0400. The Morgan fingerprint density at radius 3 is 1.71 bits per heavy atom. The van der Waals surface area contributed by atoms with E-state index in [4.69, 9.17) is 0 Å². The fourth-order valence-corrected chi connectivity index (χ4v) is 10.1. The second-order valence-corrected chi connectivity index (χ2v) is 14.5. The smallest absolute Gasteiger partial charge is 0.0726 e. The monoisotopic (exact) mass is 645 g/mol. The van der Waals surface area contributed by atoms with E-state index in [0.29, 0.717) is 0 Å². The summed E-state index contributed by atoms with van der Waals surface area (Å²) in [6.45, 7) is 2.23.